The van der Waals surface area contributed by atoms with Crippen LogP contribution in [0.5, 0.6) is 17.2 Å². The Bertz CT molecular complexity index is 535. The van der Waals surface area contributed by atoms with E-state index in [1.165, 1.54) is 5.56 Å². The predicted molar refractivity (Wildman–Crippen MR) is 76.8 cm³/mol. The van der Waals surface area contributed by atoms with Gasteiger partial charge >= 0.3 is 0 Å². The van der Waals surface area contributed by atoms with E-state index in [1.807, 2.05) is 56.3 Å². The fourth-order valence-electron chi connectivity index (χ4n) is 1.86. The molecule has 2 aromatic rings. The van der Waals surface area contributed by atoms with E-state index in [9.17, 15) is 0 Å². The van der Waals surface area contributed by atoms with Gasteiger partial charge in [-0.25, -0.2) is 0 Å². The number of ether oxygens (including phenoxy) is 2. The third kappa shape index (κ3) is 3.48. The summed E-state index contributed by atoms with van der Waals surface area (Å²) in [6.07, 6.45) is 0. The summed E-state index contributed by atoms with van der Waals surface area (Å²) in [7, 11) is 0. The van der Waals surface area contributed by atoms with Gasteiger partial charge < -0.3 is 15.2 Å². The number of hydrogen-bond acceptors (Lipinski definition) is 3. The summed E-state index contributed by atoms with van der Waals surface area (Å²) in [6, 6.07) is 13.6. The fraction of sp³-hybridized carbons (Fsp3) is 0.250. The Balaban J connectivity index is 2.16. The maximum absolute atomic E-state index is 5.85. The van der Waals surface area contributed by atoms with Crippen LogP contribution in [0.25, 0.3) is 0 Å². The van der Waals surface area contributed by atoms with Crippen molar-refractivity contribution in [1.82, 2.24) is 0 Å². The zero-order chi connectivity index (χ0) is 13.7. The molecular weight excluding hydrogens is 238 g/mol. The summed E-state index contributed by atoms with van der Waals surface area (Å²) in [5, 5.41) is 0. The normalized spacial score (nSPS) is 10.3. The number of rotatable bonds is 5. The Morgan fingerprint density at radius 3 is 2.32 bits per heavy atom. The van der Waals surface area contributed by atoms with Gasteiger partial charge in [0.25, 0.3) is 0 Å². The third-order valence-corrected chi connectivity index (χ3v) is 2.80. The molecule has 0 aliphatic heterocycles. The lowest BCUT2D eigenvalue weighted by Gasteiger charge is -2.11. The van der Waals surface area contributed by atoms with Crippen molar-refractivity contribution in [1.29, 1.82) is 0 Å². The molecule has 0 aromatic heterocycles. The molecule has 2 aromatic carbocycles. The second-order valence-corrected chi connectivity index (χ2v) is 4.32. The SMILES string of the molecule is CCOc1ccc(Oc2ccc(C)cc2CN)cc1. The van der Waals surface area contributed by atoms with Gasteiger partial charge in [-0.1, -0.05) is 17.7 Å². The smallest absolute Gasteiger partial charge is 0.131 e. The molecule has 2 rings (SSSR count). The Labute approximate surface area is 114 Å². The predicted octanol–water partition coefficient (Wildman–Crippen LogP) is 3.64. The Kier molecular flexibility index (Phi) is 4.42. The third-order valence-electron chi connectivity index (χ3n) is 2.80. The van der Waals surface area contributed by atoms with E-state index in [0.29, 0.717) is 13.2 Å². The minimum atomic E-state index is 0.466. The molecule has 0 atom stereocenters. The fourth-order valence-corrected chi connectivity index (χ4v) is 1.86. The van der Waals surface area contributed by atoms with E-state index in [0.717, 1.165) is 22.8 Å². The van der Waals surface area contributed by atoms with E-state index in [4.69, 9.17) is 15.2 Å². The molecule has 0 heterocycles. The van der Waals surface area contributed by atoms with Crippen molar-refractivity contribution in [2.45, 2.75) is 20.4 Å². The first-order valence-electron chi connectivity index (χ1n) is 6.43. The van der Waals surface area contributed by atoms with Gasteiger partial charge in [-0.2, -0.15) is 0 Å². The number of nitrogens with two attached hydrogens (primary N) is 1. The van der Waals surface area contributed by atoms with Crippen LogP contribution in [0, 0.1) is 6.92 Å². The molecule has 0 amide bonds. The van der Waals surface area contributed by atoms with Gasteiger partial charge in [0.05, 0.1) is 6.61 Å². The lowest BCUT2D eigenvalue weighted by molar-refractivity contribution is 0.339. The van der Waals surface area contributed by atoms with Gasteiger partial charge in [0, 0.05) is 12.1 Å². The summed E-state index contributed by atoms with van der Waals surface area (Å²) in [5.41, 5.74) is 7.93. The van der Waals surface area contributed by atoms with Gasteiger partial charge in [-0.3, -0.25) is 0 Å². The van der Waals surface area contributed by atoms with Gasteiger partial charge in [0.2, 0.25) is 0 Å². The first kappa shape index (κ1) is 13.4. The molecule has 3 heteroatoms. The summed E-state index contributed by atoms with van der Waals surface area (Å²) in [5.74, 6) is 2.43. The van der Waals surface area contributed by atoms with Crippen LogP contribution in [-0.2, 0) is 6.54 Å². The zero-order valence-electron chi connectivity index (χ0n) is 11.3. The molecule has 2 N–H and O–H groups in total. The monoisotopic (exact) mass is 257 g/mol. The van der Waals surface area contributed by atoms with Crippen molar-refractivity contribution in [3.05, 3.63) is 53.6 Å². The molecule has 0 fully saturated rings. The van der Waals surface area contributed by atoms with Crippen molar-refractivity contribution in [2.24, 2.45) is 5.73 Å². The molecule has 100 valence electrons. The first-order chi connectivity index (χ1) is 9.22. The maximum Gasteiger partial charge on any atom is 0.131 e. The molecule has 0 saturated carbocycles. The van der Waals surface area contributed by atoms with E-state index in [-0.39, 0.29) is 0 Å². The molecular formula is C16H19NO2. The van der Waals surface area contributed by atoms with Crippen LogP contribution >= 0.6 is 0 Å². The Morgan fingerprint density at radius 2 is 1.68 bits per heavy atom. The molecule has 0 aliphatic rings. The Morgan fingerprint density at radius 1 is 1.00 bits per heavy atom. The number of aryl methyl sites for hydroxylation is 1. The summed E-state index contributed by atoms with van der Waals surface area (Å²) >= 11 is 0. The summed E-state index contributed by atoms with van der Waals surface area (Å²) in [6.45, 7) is 5.13. The highest BCUT2D eigenvalue weighted by Crippen LogP contribution is 2.27. The second-order valence-electron chi connectivity index (χ2n) is 4.32. The highest BCUT2D eigenvalue weighted by Gasteiger charge is 2.04. The largest absolute Gasteiger partial charge is 0.494 e. The average Bonchev–Trinajstić information content (AvgIpc) is 2.43. The zero-order valence-corrected chi connectivity index (χ0v) is 11.3. The van der Waals surface area contributed by atoms with Gasteiger partial charge in [-0.05, 0) is 44.2 Å². The minimum absolute atomic E-state index is 0.466. The van der Waals surface area contributed by atoms with Crippen molar-refractivity contribution >= 4 is 0 Å². The van der Waals surface area contributed by atoms with Crippen LogP contribution in [-0.4, -0.2) is 6.61 Å². The topological polar surface area (TPSA) is 44.5 Å². The van der Waals surface area contributed by atoms with E-state index < -0.39 is 0 Å². The van der Waals surface area contributed by atoms with Crippen molar-refractivity contribution in [3.8, 4) is 17.2 Å². The van der Waals surface area contributed by atoms with Crippen LogP contribution in [0.2, 0.25) is 0 Å². The van der Waals surface area contributed by atoms with E-state index in [1.54, 1.807) is 0 Å². The minimum Gasteiger partial charge on any atom is -0.494 e. The van der Waals surface area contributed by atoms with Gasteiger partial charge in [-0.15, -0.1) is 0 Å². The van der Waals surface area contributed by atoms with Crippen LogP contribution in [0.3, 0.4) is 0 Å². The summed E-state index contributed by atoms with van der Waals surface area (Å²) in [4.78, 5) is 0. The van der Waals surface area contributed by atoms with Crippen molar-refractivity contribution in [3.63, 3.8) is 0 Å². The Hall–Kier alpha value is -2.00. The van der Waals surface area contributed by atoms with Crippen LogP contribution < -0.4 is 15.2 Å². The molecule has 0 spiro atoms. The quantitative estimate of drug-likeness (QED) is 0.889. The highest BCUT2D eigenvalue weighted by molar-refractivity contribution is 5.41. The highest BCUT2D eigenvalue weighted by atomic mass is 16.5. The number of benzene rings is 2. The van der Waals surface area contributed by atoms with Gasteiger partial charge in [0.1, 0.15) is 17.2 Å². The lowest BCUT2D eigenvalue weighted by Crippen LogP contribution is -2.00. The van der Waals surface area contributed by atoms with Crippen molar-refractivity contribution in [2.75, 3.05) is 6.61 Å². The number of hydrogen-bond donors (Lipinski definition) is 1. The molecule has 0 unspecified atom stereocenters. The molecule has 0 radical (unpaired) electrons. The molecule has 0 aliphatic carbocycles. The lowest BCUT2D eigenvalue weighted by atomic mass is 10.1. The molecule has 3 nitrogen and oxygen atoms in total. The van der Waals surface area contributed by atoms with Crippen LogP contribution in [0.4, 0.5) is 0 Å². The van der Waals surface area contributed by atoms with Crippen molar-refractivity contribution < 1.29 is 9.47 Å². The van der Waals surface area contributed by atoms with Gasteiger partial charge in [0.15, 0.2) is 0 Å². The molecule has 0 saturated heterocycles. The van der Waals surface area contributed by atoms with E-state index in [2.05, 4.69) is 0 Å². The van der Waals surface area contributed by atoms with Crippen LogP contribution in [0.15, 0.2) is 42.5 Å². The second kappa shape index (κ2) is 6.25. The van der Waals surface area contributed by atoms with E-state index >= 15 is 0 Å². The van der Waals surface area contributed by atoms with Crippen LogP contribution in [0.1, 0.15) is 18.1 Å². The maximum atomic E-state index is 5.85. The average molecular weight is 257 g/mol. The first-order valence-corrected chi connectivity index (χ1v) is 6.43. The molecule has 0 bridgehead atoms. The summed E-state index contributed by atoms with van der Waals surface area (Å²) < 4.78 is 11.2. The standard InChI is InChI=1S/C16H19NO2/c1-3-18-14-5-7-15(8-6-14)19-16-9-4-12(2)10-13(16)11-17/h4-10H,3,11,17H2,1-2H3. The molecule has 19 heavy (non-hydrogen) atoms.